The molecule has 0 aliphatic heterocycles. The molecule has 1 rings (SSSR count). The van der Waals surface area contributed by atoms with Crippen molar-refractivity contribution in [1.29, 1.82) is 0 Å². The summed E-state index contributed by atoms with van der Waals surface area (Å²) in [5.41, 5.74) is 6.55. The molecule has 8 N–H and O–H groups in total. The molecule has 0 saturated heterocycles. The molecule has 0 aromatic heterocycles. The number of carbonyl (C=O) groups excluding carboxylic acids is 3. The summed E-state index contributed by atoms with van der Waals surface area (Å²) in [7, 11) is 0. The number of carboxylic acids is 2. The van der Waals surface area contributed by atoms with Crippen LogP contribution in [-0.4, -0.2) is 69.1 Å². The van der Waals surface area contributed by atoms with Crippen LogP contribution in [0.1, 0.15) is 46.1 Å². The van der Waals surface area contributed by atoms with Gasteiger partial charge in [0.05, 0.1) is 12.5 Å². The van der Waals surface area contributed by atoms with E-state index in [9.17, 15) is 39.3 Å². The topological polar surface area (TPSA) is 208 Å². The molecule has 0 aliphatic carbocycles. The third-order valence-corrected chi connectivity index (χ3v) is 5.31. The van der Waals surface area contributed by atoms with Crippen LogP contribution in [0, 0.1) is 11.8 Å². The molecule has 0 fully saturated rings. The number of phenolic OH excluding ortho intramolecular Hbond substituents is 1. The predicted octanol–water partition coefficient (Wildman–Crippen LogP) is -0.0222. The third-order valence-electron chi connectivity index (χ3n) is 5.31. The number of rotatable bonds is 14. The summed E-state index contributed by atoms with van der Waals surface area (Å²) in [5, 5.41) is 35.1. The molecule has 1 aromatic carbocycles. The van der Waals surface area contributed by atoms with Gasteiger partial charge in [-0.25, -0.2) is 4.79 Å². The number of nitrogens with two attached hydrogens (primary N) is 1. The first-order valence-corrected chi connectivity index (χ1v) is 11.6. The van der Waals surface area contributed by atoms with Gasteiger partial charge in [-0.2, -0.15) is 0 Å². The highest BCUT2D eigenvalue weighted by atomic mass is 16.4. The van der Waals surface area contributed by atoms with E-state index in [1.54, 1.807) is 39.8 Å². The minimum Gasteiger partial charge on any atom is -0.508 e. The summed E-state index contributed by atoms with van der Waals surface area (Å²) in [6, 6.07) is 1.00. The molecule has 0 bridgehead atoms. The number of hydrogen-bond donors (Lipinski definition) is 7. The monoisotopic (exact) mass is 508 g/mol. The van der Waals surface area contributed by atoms with Gasteiger partial charge >= 0.3 is 11.9 Å². The predicted molar refractivity (Wildman–Crippen MR) is 130 cm³/mol. The number of nitrogens with one attached hydrogen (secondary N) is 3. The van der Waals surface area contributed by atoms with Crippen molar-refractivity contribution in [2.45, 2.75) is 71.1 Å². The quantitative estimate of drug-likeness (QED) is 0.180. The number of benzene rings is 1. The lowest BCUT2D eigenvalue weighted by Crippen LogP contribution is -2.59. The largest absolute Gasteiger partial charge is 0.508 e. The first-order chi connectivity index (χ1) is 16.7. The summed E-state index contributed by atoms with van der Waals surface area (Å²) in [4.78, 5) is 61.1. The zero-order valence-electron chi connectivity index (χ0n) is 20.9. The Labute approximate surface area is 209 Å². The summed E-state index contributed by atoms with van der Waals surface area (Å²) >= 11 is 0. The zero-order chi connectivity index (χ0) is 27.6. The number of aromatic hydroxyl groups is 1. The molecule has 0 heterocycles. The highest BCUT2D eigenvalue weighted by molar-refractivity contribution is 5.95. The second-order valence-corrected chi connectivity index (χ2v) is 9.40. The molecule has 0 radical (unpaired) electrons. The molecule has 0 spiro atoms. The van der Waals surface area contributed by atoms with E-state index >= 15 is 0 Å². The van der Waals surface area contributed by atoms with Gasteiger partial charge in [0, 0.05) is 0 Å². The van der Waals surface area contributed by atoms with Crippen molar-refractivity contribution in [1.82, 2.24) is 16.0 Å². The van der Waals surface area contributed by atoms with Crippen molar-refractivity contribution < 1.29 is 39.3 Å². The van der Waals surface area contributed by atoms with Crippen molar-refractivity contribution in [2.24, 2.45) is 17.6 Å². The lowest BCUT2D eigenvalue weighted by molar-refractivity contribution is -0.144. The lowest BCUT2D eigenvalue weighted by atomic mass is 9.99. The number of aliphatic carboxylic acids is 2. The van der Waals surface area contributed by atoms with E-state index in [2.05, 4.69) is 16.0 Å². The van der Waals surface area contributed by atoms with Gasteiger partial charge in [-0.15, -0.1) is 0 Å². The molecular weight excluding hydrogens is 472 g/mol. The van der Waals surface area contributed by atoms with Crippen molar-refractivity contribution >= 4 is 29.7 Å². The van der Waals surface area contributed by atoms with Crippen LogP contribution < -0.4 is 21.7 Å². The smallest absolute Gasteiger partial charge is 0.326 e. The molecule has 3 amide bonds. The van der Waals surface area contributed by atoms with Crippen LogP contribution in [0.5, 0.6) is 5.75 Å². The Morgan fingerprint density at radius 3 is 1.86 bits per heavy atom. The molecular formula is C24H36N4O8. The van der Waals surface area contributed by atoms with Gasteiger partial charge in [0.1, 0.15) is 23.9 Å². The average molecular weight is 509 g/mol. The Bertz CT molecular complexity index is 933. The van der Waals surface area contributed by atoms with Crippen LogP contribution in [0.2, 0.25) is 0 Å². The van der Waals surface area contributed by atoms with Gasteiger partial charge in [0.15, 0.2) is 0 Å². The van der Waals surface area contributed by atoms with E-state index in [1.807, 2.05) is 0 Å². The Hall–Kier alpha value is -3.67. The minimum absolute atomic E-state index is 0.0144. The van der Waals surface area contributed by atoms with Gasteiger partial charge in [-0.05, 0) is 42.4 Å². The minimum atomic E-state index is -1.53. The van der Waals surface area contributed by atoms with Crippen molar-refractivity contribution in [3.05, 3.63) is 29.8 Å². The van der Waals surface area contributed by atoms with Crippen LogP contribution in [0.4, 0.5) is 0 Å². The number of hydrogen-bond acceptors (Lipinski definition) is 7. The van der Waals surface area contributed by atoms with Gasteiger partial charge < -0.3 is 37.0 Å². The summed E-state index contributed by atoms with van der Waals surface area (Å²) < 4.78 is 0. The van der Waals surface area contributed by atoms with Gasteiger partial charge in [0.25, 0.3) is 0 Å². The van der Waals surface area contributed by atoms with E-state index in [1.165, 1.54) is 12.1 Å². The SMILES string of the molecule is CC(C)CC(NC(=O)C(NC(=O)C(CC(=O)O)NC(=O)C(N)Cc1ccc(O)cc1)C(C)C)C(=O)O. The second-order valence-electron chi connectivity index (χ2n) is 9.40. The Balaban J connectivity index is 2.94. The Morgan fingerprint density at radius 1 is 0.833 bits per heavy atom. The summed E-state index contributed by atoms with van der Waals surface area (Å²) in [6.45, 7) is 6.85. The highest BCUT2D eigenvalue weighted by Gasteiger charge is 2.33. The number of carbonyl (C=O) groups is 5. The molecule has 36 heavy (non-hydrogen) atoms. The fourth-order valence-electron chi connectivity index (χ4n) is 3.38. The molecule has 4 unspecified atom stereocenters. The van der Waals surface area contributed by atoms with Gasteiger partial charge in [-0.3, -0.25) is 19.2 Å². The lowest BCUT2D eigenvalue weighted by Gasteiger charge is -2.27. The fraction of sp³-hybridized carbons (Fsp3) is 0.542. The summed E-state index contributed by atoms with van der Waals surface area (Å²) in [6.07, 6.45) is -0.519. The van der Waals surface area contributed by atoms with E-state index < -0.39 is 66.2 Å². The van der Waals surface area contributed by atoms with E-state index in [0.29, 0.717) is 5.56 Å². The first-order valence-electron chi connectivity index (χ1n) is 11.6. The van der Waals surface area contributed by atoms with Crippen LogP contribution in [0.25, 0.3) is 0 Å². The maximum atomic E-state index is 12.9. The molecule has 4 atom stereocenters. The van der Waals surface area contributed by atoms with Crippen molar-refractivity contribution in [3.8, 4) is 5.75 Å². The first kappa shape index (κ1) is 30.4. The molecule has 12 heteroatoms. The van der Waals surface area contributed by atoms with Crippen LogP contribution in [0.3, 0.4) is 0 Å². The second kappa shape index (κ2) is 14.0. The maximum Gasteiger partial charge on any atom is 0.326 e. The Morgan fingerprint density at radius 2 is 1.39 bits per heavy atom. The van der Waals surface area contributed by atoms with Crippen LogP contribution in [0.15, 0.2) is 24.3 Å². The molecule has 200 valence electrons. The number of amides is 3. The Kier molecular flexibility index (Phi) is 11.8. The van der Waals surface area contributed by atoms with Crippen LogP contribution >= 0.6 is 0 Å². The molecule has 12 nitrogen and oxygen atoms in total. The number of carboxylic acid groups (broad SMARTS) is 2. The fourth-order valence-corrected chi connectivity index (χ4v) is 3.38. The highest BCUT2D eigenvalue weighted by Crippen LogP contribution is 2.12. The van der Waals surface area contributed by atoms with Crippen molar-refractivity contribution in [3.63, 3.8) is 0 Å². The standard InChI is InChI=1S/C24H36N4O8/c1-12(2)9-18(24(35)36)27-23(34)20(13(3)4)28-22(33)17(11-19(30)31)26-21(32)16(25)10-14-5-7-15(29)8-6-14/h5-8,12-13,16-18,20,29H,9-11,25H2,1-4H3,(H,26,32)(H,27,34)(H,28,33)(H,30,31)(H,35,36). The molecule has 0 saturated carbocycles. The normalized spacial score (nSPS) is 14.4. The van der Waals surface area contributed by atoms with Crippen molar-refractivity contribution in [2.75, 3.05) is 0 Å². The number of phenols is 1. The molecule has 1 aromatic rings. The van der Waals surface area contributed by atoms with E-state index in [4.69, 9.17) is 5.73 Å². The van der Waals surface area contributed by atoms with E-state index in [0.717, 1.165) is 0 Å². The van der Waals surface area contributed by atoms with Crippen LogP contribution in [-0.2, 0) is 30.4 Å². The summed E-state index contributed by atoms with van der Waals surface area (Å²) in [5.74, 6) is -5.47. The average Bonchev–Trinajstić information content (AvgIpc) is 2.76. The van der Waals surface area contributed by atoms with Gasteiger partial charge in [0.2, 0.25) is 17.7 Å². The third kappa shape index (κ3) is 10.3. The zero-order valence-corrected chi connectivity index (χ0v) is 20.9. The molecule has 0 aliphatic rings. The van der Waals surface area contributed by atoms with E-state index in [-0.39, 0.29) is 24.5 Å². The maximum absolute atomic E-state index is 12.9. The van der Waals surface area contributed by atoms with Gasteiger partial charge in [-0.1, -0.05) is 39.8 Å².